The van der Waals surface area contributed by atoms with E-state index in [2.05, 4.69) is 38.8 Å². The highest BCUT2D eigenvalue weighted by molar-refractivity contribution is 14.1. The molecule has 3 N–H and O–H groups in total. The van der Waals surface area contributed by atoms with Crippen molar-refractivity contribution >= 4 is 51.5 Å². The Labute approximate surface area is 147 Å². The van der Waals surface area contributed by atoms with Crippen LogP contribution in [-0.2, 0) is 0 Å². The normalized spacial score (nSPS) is 9.73. The van der Waals surface area contributed by atoms with Crippen molar-refractivity contribution in [2.45, 2.75) is 0 Å². The summed E-state index contributed by atoms with van der Waals surface area (Å²) in [7, 11) is 1.61. The summed E-state index contributed by atoms with van der Waals surface area (Å²) in [6.45, 7) is 0. The maximum Gasteiger partial charge on any atom is 0.269 e. The molecule has 114 valence electrons. The number of methoxy groups -OCH3 is 1. The van der Waals surface area contributed by atoms with Crippen LogP contribution in [0.5, 0.6) is 5.75 Å². The number of hydrogen-bond donors (Lipinski definition) is 3. The summed E-state index contributed by atoms with van der Waals surface area (Å²) in [5, 5.41) is 3.26. The highest BCUT2D eigenvalue weighted by Gasteiger charge is 2.06. The average Bonchev–Trinajstić information content (AvgIpc) is 2.53. The molecule has 0 unspecified atom stereocenters. The second kappa shape index (κ2) is 7.95. The fourth-order valence-corrected chi connectivity index (χ4v) is 2.36. The van der Waals surface area contributed by atoms with Crippen LogP contribution < -0.4 is 20.9 Å². The van der Waals surface area contributed by atoms with Gasteiger partial charge in [-0.1, -0.05) is 6.07 Å². The topological polar surface area (TPSA) is 62.4 Å². The van der Waals surface area contributed by atoms with Crippen molar-refractivity contribution in [2.75, 3.05) is 12.4 Å². The van der Waals surface area contributed by atoms with Crippen molar-refractivity contribution in [3.05, 3.63) is 57.7 Å². The second-order valence-corrected chi connectivity index (χ2v) is 5.93. The number of thiocarbonyl (C=S) groups is 1. The number of benzene rings is 2. The Hall–Kier alpha value is -1.87. The van der Waals surface area contributed by atoms with Crippen molar-refractivity contribution in [1.29, 1.82) is 0 Å². The highest BCUT2D eigenvalue weighted by Crippen LogP contribution is 2.14. The van der Waals surface area contributed by atoms with Gasteiger partial charge in [0.2, 0.25) is 0 Å². The average molecular weight is 427 g/mol. The Morgan fingerprint density at radius 3 is 2.50 bits per heavy atom. The third-order valence-electron chi connectivity index (χ3n) is 2.72. The van der Waals surface area contributed by atoms with Gasteiger partial charge in [0.05, 0.1) is 7.11 Å². The van der Waals surface area contributed by atoms with E-state index in [-0.39, 0.29) is 5.91 Å². The molecule has 7 heteroatoms. The van der Waals surface area contributed by atoms with Crippen LogP contribution in [0.1, 0.15) is 10.4 Å². The van der Waals surface area contributed by atoms with E-state index in [0.29, 0.717) is 10.7 Å². The molecule has 0 radical (unpaired) electrons. The molecular formula is C15H14IN3O2S. The molecule has 0 saturated heterocycles. The molecule has 0 aliphatic heterocycles. The molecule has 0 aliphatic rings. The van der Waals surface area contributed by atoms with Gasteiger partial charge in [0, 0.05) is 14.8 Å². The minimum atomic E-state index is -0.252. The van der Waals surface area contributed by atoms with Gasteiger partial charge in [-0.15, -0.1) is 0 Å². The molecule has 0 bridgehead atoms. The van der Waals surface area contributed by atoms with E-state index in [0.717, 1.165) is 15.0 Å². The molecule has 1 amide bonds. The first kappa shape index (κ1) is 16.5. The van der Waals surface area contributed by atoms with Gasteiger partial charge in [0.1, 0.15) is 5.75 Å². The third kappa shape index (κ3) is 4.85. The molecule has 22 heavy (non-hydrogen) atoms. The van der Waals surface area contributed by atoms with Gasteiger partial charge in [-0.05, 0) is 77.3 Å². The number of halogens is 1. The number of rotatable bonds is 3. The van der Waals surface area contributed by atoms with Gasteiger partial charge in [0.25, 0.3) is 5.91 Å². The van der Waals surface area contributed by atoms with Crippen molar-refractivity contribution in [1.82, 2.24) is 10.9 Å². The molecule has 0 fully saturated rings. The monoisotopic (exact) mass is 427 g/mol. The van der Waals surface area contributed by atoms with Crippen LogP contribution in [0.2, 0.25) is 0 Å². The van der Waals surface area contributed by atoms with Gasteiger partial charge >= 0.3 is 0 Å². The quantitative estimate of drug-likeness (QED) is 0.400. The first-order valence-electron chi connectivity index (χ1n) is 6.35. The van der Waals surface area contributed by atoms with Crippen LogP contribution in [0.15, 0.2) is 48.5 Å². The Kier molecular flexibility index (Phi) is 5.96. The van der Waals surface area contributed by atoms with Gasteiger partial charge in [-0.3, -0.25) is 15.6 Å². The summed E-state index contributed by atoms with van der Waals surface area (Å²) >= 11 is 7.27. The molecule has 0 saturated carbocycles. The molecule has 0 heterocycles. The Bertz CT molecular complexity index is 677. The zero-order chi connectivity index (χ0) is 15.9. The lowest BCUT2D eigenvalue weighted by Gasteiger charge is -2.12. The maximum absolute atomic E-state index is 12.0. The molecule has 0 atom stereocenters. The lowest BCUT2D eigenvalue weighted by Crippen LogP contribution is -2.43. The minimum absolute atomic E-state index is 0.252. The van der Waals surface area contributed by atoms with E-state index in [4.69, 9.17) is 17.0 Å². The molecule has 2 aromatic carbocycles. The van der Waals surface area contributed by atoms with E-state index < -0.39 is 0 Å². The van der Waals surface area contributed by atoms with Crippen molar-refractivity contribution in [2.24, 2.45) is 0 Å². The van der Waals surface area contributed by atoms with E-state index in [1.807, 2.05) is 36.4 Å². The summed E-state index contributed by atoms with van der Waals surface area (Å²) in [5.74, 6) is 0.508. The zero-order valence-electron chi connectivity index (χ0n) is 11.7. The van der Waals surface area contributed by atoms with Gasteiger partial charge in [-0.25, -0.2) is 0 Å². The number of carbonyl (C=O) groups excluding carboxylic acids is 1. The molecular weight excluding hydrogens is 413 g/mol. The first-order chi connectivity index (χ1) is 10.6. The summed E-state index contributed by atoms with van der Waals surface area (Å²) in [4.78, 5) is 12.0. The van der Waals surface area contributed by atoms with E-state index >= 15 is 0 Å². The number of hydrazine groups is 1. The van der Waals surface area contributed by atoms with Crippen LogP contribution in [0.25, 0.3) is 0 Å². The van der Waals surface area contributed by atoms with E-state index in [1.165, 1.54) is 0 Å². The van der Waals surface area contributed by atoms with Crippen LogP contribution in [0.3, 0.4) is 0 Å². The molecule has 2 rings (SSSR count). The number of amides is 1. The predicted octanol–water partition coefficient (Wildman–Crippen LogP) is 2.93. The van der Waals surface area contributed by atoms with Gasteiger partial charge in [0.15, 0.2) is 5.11 Å². The van der Waals surface area contributed by atoms with Crippen LogP contribution >= 0.6 is 34.8 Å². The van der Waals surface area contributed by atoms with Crippen molar-refractivity contribution < 1.29 is 9.53 Å². The molecule has 0 aliphatic carbocycles. The molecule has 2 aromatic rings. The molecule has 0 spiro atoms. The second-order valence-electron chi connectivity index (χ2n) is 4.27. The SMILES string of the molecule is COc1ccc(NC(=S)NNC(=O)c2cccc(I)c2)cc1. The fraction of sp³-hybridized carbons (Fsp3) is 0.0667. The van der Waals surface area contributed by atoms with Gasteiger partial charge in [-0.2, -0.15) is 0 Å². The lowest BCUT2D eigenvalue weighted by atomic mass is 10.2. The summed E-state index contributed by atoms with van der Waals surface area (Å²) in [6.07, 6.45) is 0. The van der Waals surface area contributed by atoms with Crippen molar-refractivity contribution in [3.8, 4) is 5.75 Å². The van der Waals surface area contributed by atoms with Gasteiger partial charge < -0.3 is 10.1 Å². The molecule has 0 aromatic heterocycles. The summed E-state index contributed by atoms with van der Waals surface area (Å²) in [5.41, 5.74) is 6.57. The standard InChI is InChI=1S/C15H14IN3O2S/c1-21-13-7-5-12(6-8-13)17-15(22)19-18-14(20)10-3-2-4-11(16)9-10/h2-9H,1H3,(H,18,20)(H2,17,19,22). The smallest absolute Gasteiger partial charge is 0.269 e. The zero-order valence-corrected chi connectivity index (χ0v) is 14.7. The van der Waals surface area contributed by atoms with E-state index in [9.17, 15) is 4.79 Å². The summed E-state index contributed by atoms with van der Waals surface area (Å²) in [6, 6.07) is 14.6. The predicted molar refractivity (Wildman–Crippen MR) is 99.0 cm³/mol. The summed E-state index contributed by atoms with van der Waals surface area (Å²) < 4.78 is 6.07. The third-order valence-corrected chi connectivity index (χ3v) is 3.60. The first-order valence-corrected chi connectivity index (χ1v) is 7.84. The lowest BCUT2D eigenvalue weighted by molar-refractivity contribution is 0.0944. The number of nitrogens with one attached hydrogen (secondary N) is 3. The Morgan fingerprint density at radius 2 is 1.86 bits per heavy atom. The van der Waals surface area contributed by atoms with Crippen LogP contribution in [0.4, 0.5) is 5.69 Å². The van der Waals surface area contributed by atoms with Crippen molar-refractivity contribution in [3.63, 3.8) is 0 Å². The maximum atomic E-state index is 12.0. The Balaban J connectivity index is 1.85. The molecule has 5 nitrogen and oxygen atoms in total. The Morgan fingerprint density at radius 1 is 1.14 bits per heavy atom. The van der Waals surface area contributed by atoms with Crippen LogP contribution in [0, 0.1) is 3.57 Å². The fourth-order valence-electron chi connectivity index (χ4n) is 1.65. The largest absolute Gasteiger partial charge is 0.497 e. The highest BCUT2D eigenvalue weighted by atomic mass is 127. The number of hydrogen-bond acceptors (Lipinski definition) is 3. The van der Waals surface area contributed by atoms with Crippen LogP contribution in [-0.4, -0.2) is 18.1 Å². The van der Waals surface area contributed by atoms with E-state index in [1.54, 1.807) is 19.2 Å². The number of carbonyl (C=O) groups is 1. The number of anilines is 1. The number of ether oxygens (including phenoxy) is 1. The minimum Gasteiger partial charge on any atom is -0.497 e.